The molecule has 158 valence electrons. The lowest BCUT2D eigenvalue weighted by molar-refractivity contribution is -0.384. The van der Waals surface area contributed by atoms with Crippen molar-refractivity contribution in [2.45, 2.75) is 25.7 Å². The molecule has 1 amide bonds. The second-order valence-electron chi connectivity index (χ2n) is 8.04. The van der Waals surface area contributed by atoms with Gasteiger partial charge in [0.15, 0.2) is 0 Å². The summed E-state index contributed by atoms with van der Waals surface area (Å²) in [6, 6.07) is 14.4. The van der Waals surface area contributed by atoms with Crippen LogP contribution < -0.4 is 9.64 Å². The van der Waals surface area contributed by atoms with E-state index in [-0.39, 0.29) is 17.5 Å². The second-order valence-corrected chi connectivity index (χ2v) is 8.04. The fraction of sp³-hybridized carbons (Fsp3) is 0.435. The van der Waals surface area contributed by atoms with Crippen LogP contribution in [0.1, 0.15) is 36.0 Å². The quantitative estimate of drug-likeness (QED) is 0.530. The van der Waals surface area contributed by atoms with E-state index in [1.165, 1.54) is 12.1 Å². The van der Waals surface area contributed by atoms with Gasteiger partial charge in [-0.15, -0.1) is 0 Å². The van der Waals surface area contributed by atoms with Gasteiger partial charge >= 0.3 is 0 Å². The van der Waals surface area contributed by atoms with Crippen molar-refractivity contribution in [2.75, 3.05) is 37.7 Å². The Morgan fingerprint density at radius 2 is 1.83 bits per heavy atom. The summed E-state index contributed by atoms with van der Waals surface area (Å²) in [5, 5.41) is 11.3. The number of carbonyl (C=O) groups is 1. The summed E-state index contributed by atoms with van der Waals surface area (Å²) in [5.41, 5.74) is 1.21. The van der Waals surface area contributed by atoms with Crippen molar-refractivity contribution in [3.63, 3.8) is 0 Å². The molecular weight excluding hydrogens is 382 g/mol. The normalized spacial score (nSPS) is 19.0. The Balaban J connectivity index is 1.49. The summed E-state index contributed by atoms with van der Waals surface area (Å²) >= 11 is 0. The molecule has 7 nitrogen and oxygen atoms in total. The number of likely N-dealkylation sites (tertiary alicyclic amines) is 1. The Hall–Kier alpha value is -3.09. The molecule has 4 rings (SSSR count). The molecule has 7 heteroatoms. The third-order valence-electron chi connectivity index (χ3n) is 5.90. The highest BCUT2D eigenvalue weighted by Gasteiger charge is 2.29. The van der Waals surface area contributed by atoms with Gasteiger partial charge < -0.3 is 14.5 Å². The van der Waals surface area contributed by atoms with Crippen molar-refractivity contribution >= 4 is 17.3 Å². The van der Waals surface area contributed by atoms with Crippen molar-refractivity contribution in [2.24, 2.45) is 5.92 Å². The zero-order valence-corrected chi connectivity index (χ0v) is 17.0. The van der Waals surface area contributed by atoms with Crippen LogP contribution in [0.3, 0.4) is 0 Å². The molecule has 2 heterocycles. The standard InChI is InChI=1S/C23H27N3O4/c27-23(21-15-19(26(28)29)10-11-22(21)24-12-4-5-13-24)25-14-6-7-18(16-25)17-30-20-8-2-1-3-9-20/h1-3,8-11,15,18H,4-7,12-14,16-17H2. The minimum atomic E-state index is -0.433. The Morgan fingerprint density at radius 3 is 2.57 bits per heavy atom. The second kappa shape index (κ2) is 9.15. The SMILES string of the molecule is O=C(c1cc([N+](=O)[O-])ccc1N1CCCC1)N1CCCC(COc2ccccc2)C1. The van der Waals surface area contributed by atoms with Crippen LogP contribution in [0, 0.1) is 16.0 Å². The number of nitro groups is 1. The minimum absolute atomic E-state index is 0.0396. The monoisotopic (exact) mass is 409 g/mol. The zero-order valence-electron chi connectivity index (χ0n) is 17.0. The summed E-state index contributed by atoms with van der Waals surface area (Å²) in [6.07, 6.45) is 4.06. The van der Waals surface area contributed by atoms with Crippen LogP contribution >= 0.6 is 0 Å². The Bertz CT molecular complexity index is 897. The van der Waals surface area contributed by atoms with Gasteiger partial charge in [0, 0.05) is 44.2 Å². The molecule has 0 saturated carbocycles. The van der Waals surface area contributed by atoms with E-state index in [1.807, 2.05) is 35.2 Å². The minimum Gasteiger partial charge on any atom is -0.493 e. The lowest BCUT2D eigenvalue weighted by Gasteiger charge is -2.33. The van der Waals surface area contributed by atoms with E-state index in [0.717, 1.165) is 50.2 Å². The van der Waals surface area contributed by atoms with E-state index >= 15 is 0 Å². The highest BCUT2D eigenvalue weighted by molar-refractivity contribution is 6.00. The maximum Gasteiger partial charge on any atom is 0.270 e. The van der Waals surface area contributed by atoms with Gasteiger partial charge in [-0.2, -0.15) is 0 Å². The average molecular weight is 409 g/mol. The first-order valence-electron chi connectivity index (χ1n) is 10.6. The number of nitrogens with zero attached hydrogens (tertiary/aromatic N) is 3. The van der Waals surface area contributed by atoms with Crippen molar-refractivity contribution < 1.29 is 14.5 Å². The third-order valence-corrected chi connectivity index (χ3v) is 5.90. The predicted octanol–water partition coefficient (Wildman–Crippen LogP) is 4.13. The third kappa shape index (κ3) is 4.56. The number of para-hydroxylation sites is 1. The molecule has 0 radical (unpaired) electrons. The molecule has 1 unspecified atom stereocenters. The Kier molecular flexibility index (Phi) is 6.16. The number of ether oxygens (including phenoxy) is 1. The average Bonchev–Trinajstić information content (AvgIpc) is 3.32. The van der Waals surface area contributed by atoms with Crippen LogP contribution in [0.5, 0.6) is 5.75 Å². The van der Waals surface area contributed by atoms with Crippen LogP contribution in [0.4, 0.5) is 11.4 Å². The molecule has 2 fully saturated rings. The number of non-ortho nitro benzene ring substituents is 1. The number of amides is 1. The van der Waals surface area contributed by atoms with E-state index in [0.29, 0.717) is 25.3 Å². The fourth-order valence-corrected chi connectivity index (χ4v) is 4.33. The van der Waals surface area contributed by atoms with Crippen LogP contribution in [-0.4, -0.2) is 48.5 Å². The zero-order chi connectivity index (χ0) is 20.9. The maximum absolute atomic E-state index is 13.4. The highest BCUT2D eigenvalue weighted by Crippen LogP contribution is 2.30. The molecule has 1 atom stereocenters. The molecule has 30 heavy (non-hydrogen) atoms. The number of hydrogen-bond donors (Lipinski definition) is 0. The van der Waals surface area contributed by atoms with E-state index in [4.69, 9.17) is 4.74 Å². The van der Waals surface area contributed by atoms with Gasteiger partial charge in [0.1, 0.15) is 5.75 Å². The number of nitro benzene ring substituents is 1. The molecule has 0 bridgehead atoms. The largest absolute Gasteiger partial charge is 0.493 e. The summed E-state index contributed by atoms with van der Waals surface area (Å²) in [7, 11) is 0. The van der Waals surface area contributed by atoms with Crippen molar-refractivity contribution in [1.82, 2.24) is 4.90 Å². The smallest absolute Gasteiger partial charge is 0.270 e. The number of piperidine rings is 1. The molecule has 2 aromatic carbocycles. The van der Waals surface area contributed by atoms with Crippen molar-refractivity contribution in [3.05, 3.63) is 64.2 Å². The summed E-state index contributed by atoms with van der Waals surface area (Å²) in [4.78, 5) is 28.3. The van der Waals surface area contributed by atoms with Crippen LogP contribution in [0.15, 0.2) is 48.5 Å². The topological polar surface area (TPSA) is 75.9 Å². The van der Waals surface area contributed by atoms with Gasteiger partial charge in [0.2, 0.25) is 0 Å². The highest BCUT2D eigenvalue weighted by atomic mass is 16.6. The molecule has 2 aliphatic rings. The molecule has 2 saturated heterocycles. The molecule has 0 aromatic heterocycles. The van der Waals surface area contributed by atoms with Crippen LogP contribution in [0.25, 0.3) is 0 Å². The van der Waals surface area contributed by atoms with E-state index in [1.54, 1.807) is 6.07 Å². The van der Waals surface area contributed by atoms with E-state index in [2.05, 4.69) is 4.90 Å². The molecule has 0 N–H and O–H groups in total. The first-order valence-corrected chi connectivity index (χ1v) is 10.6. The Morgan fingerprint density at radius 1 is 1.07 bits per heavy atom. The molecule has 0 spiro atoms. The number of rotatable bonds is 6. The lowest BCUT2D eigenvalue weighted by atomic mass is 9.97. The van der Waals surface area contributed by atoms with E-state index < -0.39 is 4.92 Å². The number of anilines is 1. The fourth-order valence-electron chi connectivity index (χ4n) is 4.33. The molecule has 0 aliphatic carbocycles. The molecule has 2 aromatic rings. The van der Waals surface area contributed by atoms with Gasteiger partial charge in [-0.05, 0) is 43.9 Å². The number of carbonyl (C=O) groups excluding carboxylic acids is 1. The van der Waals surface area contributed by atoms with Crippen LogP contribution in [-0.2, 0) is 0 Å². The summed E-state index contributed by atoms with van der Waals surface area (Å²) < 4.78 is 5.90. The van der Waals surface area contributed by atoms with Gasteiger partial charge in [0.05, 0.1) is 22.8 Å². The van der Waals surface area contributed by atoms with Crippen LogP contribution in [0.2, 0.25) is 0 Å². The van der Waals surface area contributed by atoms with E-state index in [9.17, 15) is 14.9 Å². The number of benzene rings is 2. The van der Waals surface area contributed by atoms with Gasteiger partial charge in [-0.1, -0.05) is 18.2 Å². The predicted molar refractivity (Wildman–Crippen MR) is 115 cm³/mol. The lowest BCUT2D eigenvalue weighted by Crippen LogP contribution is -2.42. The first-order chi connectivity index (χ1) is 14.6. The maximum atomic E-state index is 13.4. The number of hydrogen-bond acceptors (Lipinski definition) is 5. The summed E-state index contributed by atoms with van der Waals surface area (Å²) in [5.74, 6) is 0.956. The Labute approximate surface area is 176 Å². The summed E-state index contributed by atoms with van der Waals surface area (Å²) in [6.45, 7) is 3.59. The van der Waals surface area contributed by atoms with Gasteiger partial charge in [-0.25, -0.2) is 0 Å². The molecular formula is C23H27N3O4. The van der Waals surface area contributed by atoms with Gasteiger partial charge in [-0.3, -0.25) is 14.9 Å². The first kappa shape index (κ1) is 20.2. The van der Waals surface area contributed by atoms with Gasteiger partial charge in [0.25, 0.3) is 11.6 Å². The van der Waals surface area contributed by atoms with Crippen molar-refractivity contribution in [1.29, 1.82) is 0 Å². The molecule has 2 aliphatic heterocycles. The van der Waals surface area contributed by atoms with Crippen molar-refractivity contribution in [3.8, 4) is 5.75 Å².